The van der Waals surface area contributed by atoms with E-state index in [9.17, 15) is 4.79 Å². The Hall–Kier alpha value is -0.910. The van der Waals surface area contributed by atoms with Crippen LogP contribution in [0.4, 0.5) is 0 Å². The molecule has 5 heteroatoms. The Morgan fingerprint density at radius 1 is 1.62 bits per heavy atom. The predicted octanol–water partition coefficient (Wildman–Crippen LogP) is 1.10. The molecule has 1 heterocycles. The Morgan fingerprint density at radius 3 is 2.75 bits per heavy atom. The van der Waals surface area contributed by atoms with Crippen molar-refractivity contribution >= 4 is 17.2 Å². The number of rotatable bonds is 5. The SMILES string of the molecule is COCC(CO)NC(=O)c1cc(C)sc1C. The van der Waals surface area contributed by atoms with E-state index in [-0.39, 0.29) is 18.6 Å². The van der Waals surface area contributed by atoms with Gasteiger partial charge in [0.15, 0.2) is 0 Å². The third-order valence-electron chi connectivity index (χ3n) is 2.21. The first-order valence-electron chi connectivity index (χ1n) is 5.06. The lowest BCUT2D eigenvalue weighted by molar-refractivity contribution is 0.0839. The maximum Gasteiger partial charge on any atom is 0.252 e. The van der Waals surface area contributed by atoms with E-state index in [0.29, 0.717) is 12.2 Å². The molecule has 0 aromatic carbocycles. The van der Waals surface area contributed by atoms with Crippen LogP contribution in [-0.4, -0.2) is 37.4 Å². The van der Waals surface area contributed by atoms with Gasteiger partial charge in [0.1, 0.15) is 0 Å². The first-order valence-corrected chi connectivity index (χ1v) is 5.87. The summed E-state index contributed by atoms with van der Waals surface area (Å²) in [5, 5.41) is 11.8. The zero-order valence-corrected chi connectivity index (χ0v) is 10.6. The van der Waals surface area contributed by atoms with E-state index in [1.165, 1.54) is 7.11 Å². The van der Waals surface area contributed by atoms with Crippen molar-refractivity contribution in [1.82, 2.24) is 5.32 Å². The molecule has 1 atom stereocenters. The molecule has 0 spiro atoms. The van der Waals surface area contributed by atoms with E-state index in [1.54, 1.807) is 11.3 Å². The highest BCUT2D eigenvalue weighted by Gasteiger charge is 2.16. The van der Waals surface area contributed by atoms with Crippen LogP contribution in [0.1, 0.15) is 20.1 Å². The van der Waals surface area contributed by atoms with Gasteiger partial charge in [-0.2, -0.15) is 0 Å². The average Bonchev–Trinajstić information content (AvgIpc) is 2.57. The van der Waals surface area contributed by atoms with E-state index < -0.39 is 0 Å². The molecular weight excluding hydrogens is 226 g/mol. The first-order chi connectivity index (χ1) is 7.58. The summed E-state index contributed by atoms with van der Waals surface area (Å²) in [6.45, 7) is 4.07. The Morgan fingerprint density at radius 2 is 2.31 bits per heavy atom. The van der Waals surface area contributed by atoms with Crippen LogP contribution in [-0.2, 0) is 4.74 Å². The summed E-state index contributed by atoms with van der Waals surface area (Å²) in [6, 6.07) is 1.51. The number of aliphatic hydroxyl groups is 1. The normalized spacial score (nSPS) is 12.5. The van der Waals surface area contributed by atoms with Gasteiger partial charge in [-0.3, -0.25) is 4.79 Å². The molecule has 1 aromatic rings. The first kappa shape index (κ1) is 13.2. The minimum Gasteiger partial charge on any atom is -0.394 e. The zero-order chi connectivity index (χ0) is 12.1. The second-order valence-electron chi connectivity index (χ2n) is 3.64. The maximum atomic E-state index is 11.9. The molecule has 1 rings (SSSR count). The molecule has 0 saturated heterocycles. The average molecular weight is 243 g/mol. The standard InChI is InChI=1S/C11H17NO3S/c1-7-4-10(8(2)16-7)11(14)12-9(5-13)6-15-3/h4,9,13H,5-6H2,1-3H3,(H,12,14). The van der Waals surface area contributed by atoms with Crippen molar-refractivity contribution in [3.63, 3.8) is 0 Å². The van der Waals surface area contributed by atoms with Gasteiger partial charge in [-0.05, 0) is 19.9 Å². The van der Waals surface area contributed by atoms with Gasteiger partial charge in [0.25, 0.3) is 5.91 Å². The fraction of sp³-hybridized carbons (Fsp3) is 0.545. The third-order valence-corrected chi connectivity index (χ3v) is 3.17. The minimum absolute atomic E-state index is 0.123. The number of hydrogen-bond donors (Lipinski definition) is 2. The summed E-state index contributed by atoms with van der Waals surface area (Å²) in [5.41, 5.74) is 0.678. The number of methoxy groups -OCH3 is 1. The number of amides is 1. The highest BCUT2D eigenvalue weighted by Crippen LogP contribution is 2.20. The predicted molar refractivity (Wildman–Crippen MR) is 64.0 cm³/mol. The van der Waals surface area contributed by atoms with Crippen molar-refractivity contribution in [2.24, 2.45) is 0 Å². The number of ether oxygens (including phenoxy) is 1. The topological polar surface area (TPSA) is 58.6 Å². The number of nitrogens with one attached hydrogen (secondary N) is 1. The quantitative estimate of drug-likeness (QED) is 0.814. The largest absolute Gasteiger partial charge is 0.394 e. The second kappa shape index (κ2) is 5.98. The molecule has 1 amide bonds. The van der Waals surface area contributed by atoms with Gasteiger partial charge in [0, 0.05) is 16.9 Å². The van der Waals surface area contributed by atoms with Crippen LogP contribution in [0.25, 0.3) is 0 Å². The molecule has 0 bridgehead atoms. The highest BCUT2D eigenvalue weighted by atomic mass is 32.1. The van der Waals surface area contributed by atoms with Crippen molar-refractivity contribution in [3.05, 3.63) is 21.4 Å². The Balaban J connectivity index is 2.67. The van der Waals surface area contributed by atoms with Crippen molar-refractivity contribution < 1.29 is 14.6 Å². The van der Waals surface area contributed by atoms with Gasteiger partial charge < -0.3 is 15.2 Å². The van der Waals surface area contributed by atoms with E-state index in [2.05, 4.69) is 5.32 Å². The lowest BCUT2D eigenvalue weighted by atomic mass is 10.2. The Bertz CT molecular complexity index is 362. The maximum absolute atomic E-state index is 11.9. The summed E-state index contributed by atoms with van der Waals surface area (Å²) in [5.74, 6) is -0.155. The summed E-state index contributed by atoms with van der Waals surface area (Å²) >= 11 is 1.59. The van der Waals surface area contributed by atoms with Crippen LogP contribution in [0.3, 0.4) is 0 Å². The number of aliphatic hydroxyl groups excluding tert-OH is 1. The number of thiophene rings is 1. The van der Waals surface area contributed by atoms with Crippen LogP contribution in [0, 0.1) is 13.8 Å². The zero-order valence-electron chi connectivity index (χ0n) is 9.74. The lowest BCUT2D eigenvalue weighted by Crippen LogP contribution is -2.40. The molecule has 1 aromatic heterocycles. The van der Waals surface area contributed by atoms with Gasteiger partial charge in [-0.1, -0.05) is 0 Å². The molecule has 16 heavy (non-hydrogen) atoms. The minimum atomic E-state index is -0.350. The van der Waals surface area contributed by atoms with Crippen LogP contribution in [0.2, 0.25) is 0 Å². The van der Waals surface area contributed by atoms with E-state index in [1.807, 2.05) is 19.9 Å². The molecule has 0 aliphatic heterocycles. The monoisotopic (exact) mass is 243 g/mol. The fourth-order valence-corrected chi connectivity index (χ4v) is 2.38. The second-order valence-corrected chi connectivity index (χ2v) is 5.10. The molecule has 4 nitrogen and oxygen atoms in total. The van der Waals surface area contributed by atoms with Crippen molar-refractivity contribution in [1.29, 1.82) is 0 Å². The van der Waals surface area contributed by atoms with Crippen LogP contribution in [0.15, 0.2) is 6.07 Å². The van der Waals surface area contributed by atoms with Crippen LogP contribution < -0.4 is 5.32 Å². The highest BCUT2D eigenvalue weighted by molar-refractivity contribution is 7.12. The molecule has 0 radical (unpaired) electrons. The van der Waals surface area contributed by atoms with Crippen LogP contribution >= 0.6 is 11.3 Å². The number of carbonyl (C=O) groups is 1. The van der Waals surface area contributed by atoms with Gasteiger partial charge in [-0.25, -0.2) is 0 Å². The van der Waals surface area contributed by atoms with Gasteiger partial charge in [-0.15, -0.1) is 11.3 Å². The molecule has 2 N–H and O–H groups in total. The van der Waals surface area contributed by atoms with Crippen molar-refractivity contribution in [2.75, 3.05) is 20.3 Å². The van der Waals surface area contributed by atoms with Crippen molar-refractivity contribution in [3.8, 4) is 0 Å². The third kappa shape index (κ3) is 3.30. The van der Waals surface area contributed by atoms with Gasteiger partial charge in [0.2, 0.25) is 0 Å². The van der Waals surface area contributed by atoms with E-state index in [0.717, 1.165) is 9.75 Å². The number of aryl methyl sites for hydroxylation is 2. The molecule has 90 valence electrons. The summed E-state index contributed by atoms with van der Waals surface area (Å²) in [6.07, 6.45) is 0. The fourth-order valence-electron chi connectivity index (χ4n) is 1.46. The van der Waals surface area contributed by atoms with E-state index >= 15 is 0 Å². The number of carbonyl (C=O) groups excluding carboxylic acids is 1. The van der Waals surface area contributed by atoms with Crippen molar-refractivity contribution in [2.45, 2.75) is 19.9 Å². The van der Waals surface area contributed by atoms with Gasteiger partial charge >= 0.3 is 0 Å². The summed E-state index contributed by atoms with van der Waals surface area (Å²) < 4.78 is 4.89. The van der Waals surface area contributed by atoms with E-state index in [4.69, 9.17) is 9.84 Å². The number of hydrogen-bond acceptors (Lipinski definition) is 4. The lowest BCUT2D eigenvalue weighted by Gasteiger charge is -2.14. The smallest absolute Gasteiger partial charge is 0.252 e. The molecule has 0 aliphatic carbocycles. The summed E-state index contributed by atoms with van der Waals surface area (Å²) in [7, 11) is 1.54. The molecular formula is C11H17NO3S. The molecule has 0 aliphatic rings. The van der Waals surface area contributed by atoms with Gasteiger partial charge in [0.05, 0.1) is 24.8 Å². The molecule has 0 saturated carbocycles. The molecule has 0 fully saturated rings. The summed E-state index contributed by atoms with van der Waals surface area (Å²) in [4.78, 5) is 13.9. The van der Waals surface area contributed by atoms with Crippen LogP contribution in [0.5, 0.6) is 0 Å². The Labute approximate surface area is 99.2 Å². The Kier molecular flexibility index (Phi) is 4.92. The molecule has 1 unspecified atom stereocenters.